The summed E-state index contributed by atoms with van der Waals surface area (Å²) in [6, 6.07) is 2.55. The van der Waals surface area contributed by atoms with E-state index in [-0.39, 0.29) is 17.7 Å². The Hall–Kier alpha value is -2.11. The summed E-state index contributed by atoms with van der Waals surface area (Å²) >= 11 is 0. The Labute approximate surface area is 116 Å². The van der Waals surface area contributed by atoms with E-state index >= 15 is 0 Å². The van der Waals surface area contributed by atoms with Crippen molar-refractivity contribution in [3.63, 3.8) is 0 Å². The number of benzene rings is 1. The number of halogens is 1. The van der Waals surface area contributed by atoms with Gasteiger partial charge in [-0.1, -0.05) is 0 Å². The summed E-state index contributed by atoms with van der Waals surface area (Å²) in [5.74, 6) is -2.69. The van der Waals surface area contributed by atoms with Gasteiger partial charge in [0.15, 0.2) is 11.6 Å². The number of carboxylic acids is 1. The summed E-state index contributed by atoms with van der Waals surface area (Å²) in [5.41, 5.74) is -0.753. The van der Waals surface area contributed by atoms with Gasteiger partial charge in [-0.05, 0) is 38.0 Å². The number of carboxylic acid groups (broad SMARTS) is 1. The lowest BCUT2D eigenvalue weighted by molar-refractivity contribution is -0.146. The standard InChI is InChI=1S/C14H17FO5/c1-14(2,13(17)18)7-8-5-9(12(16)20-4)11(19-3)10(15)6-8/h5-6H,7H2,1-4H3,(H,17,18). The molecule has 0 saturated heterocycles. The predicted octanol–water partition coefficient (Wildman–Crippen LogP) is 2.27. The molecule has 5 nitrogen and oxygen atoms in total. The lowest BCUT2D eigenvalue weighted by Crippen LogP contribution is -2.26. The molecule has 0 bridgehead atoms. The van der Waals surface area contributed by atoms with E-state index < -0.39 is 23.2 Å². The zero-order chi connectivity index (χ0) is 15.5. The van der Waals surface area contributed by atoms with Gasteiger partial charge >= 0.3 is 11.9 Å². The SMILES string of the molecule is COC(=O)c1cc(CC(C)(C)C(=O)O)cc(F)c1OC. The predicted molar refractivity (Wildman–Crippen MR) is 69.4 cm³/mol. The number of hydrogen-bond donors (Lipinski definition) is 1. The van der Waals surface area contributed by atoms with Crippen LogP contribution in [0.5, 0.6) is 5.75 Å². The Kier molecular flexibility index (Phi) is 4.70. The first-order chi connectivity index (χ1) is 9.22. The van der Waals surface area contributed by atoms with Gasteiger partial charge in [0.25, 0.3) is 0 Å². The third-order valence-electron chi connectivity index (χ3n) is 2.94. The molecule has 1 N–H and O–H groups in total. The molecule has 20 heavy (non-hydrogen) atoms. The van der Waals surface area contributed by atoms with Gasteiger partial charge in [-0.25, -0.2) is 9.18 Å². The summed E-state index contributed by atoms with van der Waals surface area (Å²) < 4.78 is 23.3. The van der Waals surface area contributed by atoms with E-state index in [0.29, 0.717) is 5.56 Å². The minimum Gasteiger partial charge on any atom is -0.493 e. The van der Waals surface area contributed by atoms with Crippen LogP contribution >= 0.6 is 0 Å². The van der Waals surface area contributed by atoms with Gasteiger partial charge in [-0.3, -0.25) is 4.79 Å². The van der Waals surface area contributed by atoms with Gasteiger partial charge in [0.2, 0.25) is 0 Å². The summed E-state index contributed by atoms with van der Waals surface area (Å²) in [4.78, 5) is 22.7. The zero-order valence-electron chi connectivity index (χ0n) is 11.8. The van der Waals surface area contributed by atoms with Crippen molar-refractivity contribution in [2.75, 3.05) is 14.2 Å². The van der Waals surface area contributed by atoms with E-state index in [1.165, 1.54) is 34.1 Å². The first-order valence-electron chi connectivity index (χ1n) is 5.91. The highest BCUT2D eigenvalue weighted by Gasteiger charge is 2.29. The van der Waals surface area contributed by atoms with Gasteiger partial charge in [0, 0.05) is 0 Å². The number of hydrogen-bond acceptors (Lipinski definition) is 4. The number of aliphatic carboxylic acids is 1. The lowest BCUT2D eigenvalue weighted by atomic mass is 9.85. The van der Waals surface area contributed by atoms with Crippen LogP contribution in [0.25, 0.3) is 0 Å². The van der Waals surface area contributed by atoms with Crippen molar-refractivity contribution in [1.29, 1.82) is 0 Å². The van der Waals surface area contributed by atoms with E-state index in [4.69, 9.17) is 9.84 Å². The number of carbonyl (C=O) groups is 2. The molecular weight excluding hydrogens is 267 g/mol. The normalized spacial score (nSPS) is 11.1. The van der Waals surface area contributed by atoms with Gasteiger partial charge in [-0.15, -0.1) is 0 Å². The molecule has 0 aromatic heterocycles. The Morgan fingerprint density at radius 2 is 1.90 bits per heavy atom. The monoisotopic (exact) mass is 284 g/mol. The molecule has 0 saturated carbocycles. The van der Waals surface area contributed by atoms with Crippen molar-refractivity contribution in [3.05, 3.63) is 29.1 Å². The minimum atomic E-state index is -1.07. The van der Waals surface area contributed by atoms with E-state index in [0.717, 1.165) is 6.07 Å². The number of ether oxygens (including phenoxy) is 2. The minimum absolute atomic E-state index is 0.0637. The lowest BCUT2D eigenvalue weighted by Gasteiger charge is -2.20. The molecule has 0 atom stereocenters. The van der Waals surface area contributed by atoms with Crippen molar-refractivity contribution in [2.24, 2.45) is 5.41 Å². The molecule has 1 aromatic carbocycles. The summed E-state index contributed by atoms with van der Waals surface area (Å²) in [5, 5.41) is 9.09. The highest BCUT2D eigenvalue weighted by Crippen LogP contribution is 2.29. The van der Waals surface area contributed by atoms with Crippen molar-refractivity contribution in [1.82, 2.24) is 0 Å². The van der Waals surface area contributed by atoms with Crippen LogP contribution in [0.2, 0.25) is 0 Å². The van der Waals surface area contributed by atoms with Crippen LogP contribution in [-0.4, -0.2) is 31.3 Å². The fourth-order valence-electron chi connectivity index (χ4n) is 1.81. The maximum absolute atomic E-state index is 13.9. The van der Waals surface area contributed by atoms with Crippen LogP contribution in [0.3, 0.4) is 0 Å². The van der Waals surface area contributed by atoms with Gasteiger partial charge in [-0.2, -0.15) is 0 Å². The van der Waals surface area contributed by atoms with Gasteiger partial charge in [0.1, 0.15) is 5.56 Å². The molecule has 0 unspecified atom stereocenters. The molecule has 1 aromatic rings. The van der Waals surface area contributed by atoms with Crippen LogP contribution in [0.15, 0.2) is 12.1 Å². The molecule has 0 fully saturated rings. The first kappa shape index (κ1) is 15.9. The topological polar surface area (TPSA) is 72.8 Å². The Morgan fingerprint density at radius 1 is 1.30 bits per heavy atom. The summed E-state index contributed by atoms with van der Waals surface area (Å²) in [6.07, 6.45) is 0.0766. The van der Waals surface area contributed by atoms with E-state index in [9.17, 15) is 14.0 Å². The molecule has 0 spiro atoms. The zero-order valence-corrected chi connectivity index (χ0v) is 11.8. The number of rotatable bonds is 5. The molecule has 6 heteroatoms. The summed E-state index contributed by atoms with van der Waals surface area (Å²) in [6.45, 7) is 3.05. The molecule has 0 radical (unpaired) electrons. The fourth-order valence-corrected chi connectivity index (χ4v) is 1.81. The highest BCUT2D eigenvalue weighted by molar-refractivity contribution is 5.92. The van der Waals surface area contributed by atoms with Crippen molar-refractivity contribution in [3.8, 4) is 5.75 Å². The molecule has 1 rings (SSSR count). The molecular formula is C14H17FO5. The second kappa shape index (κ2) is 5.90. The largest absolute Gasteiger partial charge is 0.493 e. The van der Waals surface area contributed by atoms with E-state index in [1.807, 2.05) is 0 Å². The van der Waals surface area contributed by atoms with Crippen molar-refractivity contribution >= 4 is 11.9 Å². The molecule has 0 heterocycles. The van der Waals surface area contributed by atoms with E-state index in [2.05, 4.69) is 4.74 Å². The Morgan fingerprint density at radius 3 is 2.35 bits per heavy atom. The smallest absolute Gasteiger partial charge is 0.341 e. The number of esters is 1. The highest BCUT2D eigenvalue weighted by atomic mass is 19.1. The molecule has 0 amide bonds. The molecule has 0 aliphatic rings. The maximum Gasteiger partial charge on any atom is 0.341 e. The quantitative estimate of drug-likeness (QED) is 0.840. The number of carbonyl (C=O) groups excluding carboxylic acids is 1. The first-order valence-corrected chi connectivity index (χ1v) is 5.91. The van der Waals surface area contributed by atoms with Crippen LogP contribution in [0.4, 0.5) is 4.39 Å². The van der Waals surface area contributed by atoms with Crippen LogP contribution in [0, 0.1) is 11.2 Å². The van der Waals surface area contributed by atoms with Crippen molar-refractivity contribution in [2.45, 2.75) is 20.3 Å². The third kappa shape index (κ3) is 3.26. The fraction of sp³-hybridized carbons (Fsp3) is 0.429. The average molecular weight is 284 g/mol. The maximum atomic E-state index is 13.9. The molecule has 0 aliphatic heterocycles. The Bertz CT molecular complexity index is 537. The average Bonchev–Trinajstić information content (AvgIpc) is 2.36. The van der Waals surface area contributed by atoms with Crippen LogP contribution < -0.4 is 4.74 Å². The van der Waals surface area contributed by atoms with Crippen LogP contribution in [-0.2, 0) is 16.0 Å². The molecule has 0 aliphatic carbocycles. The van der Waals surface area contributed by atoms with Crippen LogP contribution in [0.1, 0.15) is 29.8 Å². The van der Waals surface area contributed by atoms with Gasteiger partial charge in [0.05, 0.1) is 19.6 Å². The second-order valence-corrected chi connectivity index (χ2v) is 5.02. The molecule has 110 valence electrons. The second-order valence-electron chi connectivity index (χ2n) is 5.02. The number of methoxy groups -OCH3 is 2. The third-order valence-corrected chi connectivity index (χ3v) is 2.94. The van der Waals surface area contributed by atoms with Gasteiger partial charge < -0.3 is 14.6 Å². The van der Waals surface area contributed by atoms with E-state index in [1.54, 1.807) is 0 Å². The Balaban J connectivity index is 3.28. The summed E-state index contributed by atoms with van der Waals surface area (Å²) in [7, 11) is 2.42. The van der Waals surface area contributed by atoms with Crippen molar-refractivity contribution < 1.29 is 28.6 Å².